The van der Waals surface area contributed by atoms with Crippen LogP contribution in [0.15, 0.2) is 83.5 Å². The van der Waals surface area contributed by atoms with Gasteiger partial charge in [0, 0.05) is 16.9 Å². The van der Waals surface area contributed by atoms with Gasteiger partial charge in [0.05, 0.1) is 12.3 Å². The van der Waals surface area contributed by atoms with Crippen LogP contribution in [0.4, 0.5) is 17.1 Å². The summed E-state index contributed by atoms with van der Waals surface area (Å²) in [6.45, 7) is 6.58. The van der Waals surface area contributed by atoms with E-state index in [1.54, 1.807) is 60.7 Å². The molecule has 0 unspecified atom stereocenters. The number of nitrogens with zero attached hydrogens (tertiary/aromatic N) is 1. The number of rotatable bonds is 8. The molecule has 1 aliphatic rings. The second kappa shape index (κ2) is 10.7. The van der Waals surface area contributed by atoms with Crippen molar-refractivity contribution in [1.29, 1.82) is 0 Å². The molecule has 0 saturated carbocycles. The van der Waals surface area contributed by atoms with Crippen molar-refractivity contribution in [3.05, 3.63) is 94.7 Å². The maximum absolute atomic E-state index is 13.1. The summed E-state index contributed by atoms with van der Waals surface area (Å²) < 4.78 is 5.41. The van der Waals surface area contributed by atoms with Gasteiger partial charge in [-0.15, -0.1) is 0 Å². The Balaban J connectivity index is 1.48. The molecule has 0 fully saturated rings. The molecular weight excluding hydrogens is 478 g/mol. The van der Waals surface area contributed by atoms with Crippen molar-refractivity contribution >= 4 is 46.4 Å². The van der Waals surface area contributed by atoms with Crippen molar-refractivity contribution < 1.29 is 19.1 Å². The minimum absolute atomic E-state index is 0.0429. The molecule has 0 aromatic heterocycles. The van der Waals surface area contributed by atoms with Gasteiger partial charge in [-0.05, 0) is 73.0 Å². The summed E-state index contributed by atoms with van der Waals surface area (Å²) in [4.78, 5) is 39.7. The number of nitrogens with one attached hydrogen (secondary N) is 2. The van der Waals surface area contributed by atoms with Crippen LogP contribution in [0, 0.1) is 0 Å². The molecule has 7 nitrogen and oxygen atoms in total. The largest absolute Gasteiger partial charge is 0.494 e. The first-order valence-corrected chi connectivity index (χ1v) is 12.0. The fourth-order valence-corrected chi connectivity index (χ4v) is 3.95. The standard InChI is InChI=1S/C28H26ClN3O4/c1-4-36-23-14-10-20(11-15-23)31-26(33)19-6-5-7-21(16-19)30-25-24(29)27(34)32(28(25)35)22-12-8-18(9-13-22)17(2)3/h5-17,30H,4H2,1-3H3,(H,31,33). The number of amides is 3. The van der Waals surface area contributed by atoms with Gasteiger partial charge in [0.2, 0.25) is 0 Å². The summed E-state index contributed by atoms with van der Waals surface area (Å²) in [7, 11) is 0. The maximum Gasteiger partial charge on any atom is 0.283 e. The van der Waals surface area contributed by atoms with Crippen LogP contribution in [0.3, 0.4) is 0 Å². The average molecular weight is 504 g/mol. The molecule has 8 heteroatoms. The number of carbonyl (C=O) groups is 3. The van der Waals surface area contributed by atoms with Gasteiger partial charge in [-0.2, -0.15) is 0 Å². The van der Waals surface area contributed by atoms with Crippen LogP contribution in [0.1, 0.15) is 42.6 Å². The molecule has 3 aromatic rings. The minimum Gasteiger partial charge on any atom is -0.494 e. The molecule has 4 rings (SSSR count). The van der Waals surface area contributed by atoms with Gasteiger partial charge in [0.1, 0.15) is 16.5 Å². The lowest BCUT2D eigenvalue weighted by atomic mass is 10.0. The van der Waals surface area contributed by atoms with E-state index in [4.69, 9.17) is 16.3 Å². The summed E-state index contributed by atoms with van der Waals surface area (Å²) >= 11 is 6.26. The normalized spacial score (nSPS) is 13.4. The lowest BCUT2D eigenvalue weighted by Crippen LogP contribution is -2.32. The smallest absolute Gasteiger partial charge is 0.283 e. The number of imide groups is 1. The number of anilines is 3. The van der Waals surface area contributed by atoms with Crippen molar-refractivity contribution in [1.82, 2.24) is 0 Å². The molecule has 3 amide bonds. The van der Waals surface area contributed by atoms with Gasteiger partial charge >= 0.3 is 0 Å². The van der Waals surface area contributed by atoms with E-state index in [0.717, 1.165) is 10.5 Å². The van der Waals surface area contributed by atoms with Crippen LogP contribution in [0.2, 0.25) is 0 Å². The third-order valence-corrected chi connectivity index (χ3v) is 6.01. The molecule has 1 heterocycles. The molecular formula is C28H26ClN3O4. The van der Waals surface area contributed by atoms with Crippen LogP contribution >= 0.6 is 11.6 Å². The molecule has 36 heavy (non-hydrogen) atoms. The van der Waals surface area contributed by atoms with Gasteiger partial charge in [0.15, 0.2) is 0 Å². The third-order valence-electron chi connectivity index (χ3n) is 5.66. The Morgan fingerprint density at radius 1 is 0.944 bits per heavy atom. The van der Waals surface area contributed by atoms with E-state index in [9.17, 15) is 14.4 Å². The number of hydrogen-bond donors (Lipinski definition) is 2. The van der Waals surface area contributed by atoms with E-state index in [1.165, 1.54) is 0 Å². The van der Waals surface area contributed by atoms with Crippen LogP contribution < -0.4 is 20.3 Å². The Hall–Kier alpha value is -4.10. The SMILES string of the molecule is CCOc1ccc(NC(=O)c2cccc(NC3=C(Cl)C(=O)N(c4ccc(C(C)C)cc4)C3=O)c2)cc1. The highest BCUT2D eigenvalue weighted by molar-refractivity contribution is 6.53. The Morgan fingerprint density at radius 2 is 1.64 bits per heavy atom. The molecule has 3 aromatic carbocycles. The zero-order valence-electron chi connectivity index (χ0n) is 20.2. The average Bonchev–Trinajstić information content (AvgIpc) is 3.08. The zero-order valence-corrected chi connectivity index (χ0v) is 20.9. The van der Waals surface area contributed by atoms with Crippen molar-refractivity contribution in [3.8, 4) is 5.75 Å². The van der Waals surface area contributed by atoms with E-state index in [1.807, 2.05) is 19.1 Å². The molecule has 0 atom stereocenters. The lowest BCUT2D eigenvalue weighted by Gasteiger charge is -2.16. The first-order chi connectivity index (χ1) is 17.3. The topological polar surface area (TPSA) is 87.7 Å². The van der Waals surface area contributed by atoms with Crippen molar-refractivity contribution in [2.24, 2.45) is 0 Å². The molecule has 2 N–H and O–H groups in total. The van der Waals surface area contributed by atoms with E-state index in [0.29, 0.717) is 40.9 Å². The van der Waals surface area contributed by atoms with Gasteiger partial charge < -0.3 is 15.4 Å². The first kappa shape index (κ1) is 25.0. The summed E-state index contributed by atoms with van der Waals surface area (Å²) in [5, 5.41) is 5.53. The highest BCUT2D eigenvalue weighted by Crippen LogP contribution is 2.31. The Morgan fingerprint density at radius 3 is 2.28 bits per heavy atom. The van der Waals surface area contributed by atoms with E-state index >= 15 is 0 Å². The van der Waals surface area contributed by atoms with E-state index < -0.39 is 11.8 Å². The highest BCUT2D eigenvalue weighted by Gasteiger charge is 2.39. The van der Waals surface area contributed by atoms with Gasteiger partial charge in [-0.1, -0.05) is 43.6 Å². The first-order valence-electron chi connectivity index (χ1n) is 11.6. The monoisotopic (exact) mass is 503 g/mol. The number of ether oxygens (including phenoxy) is 1. The van der Waals surface area contributed by atoms with Crippen molar-refractivity contribution in [2.45, 2.75) is 26.7 Å². The highest BCUT2D eigenvalue weighted by atomic mass is 35.5. The second-order valence-corrected chi connectivity index (χ2v) is 8.88. The number of carbonyl (C=O) groups excluding carboxylic acids is 3. The molecule has 1 aliphatic heterocycles. The predicted molar refractivity (Wildman–Crippen MR) is 142 cm³/mol. The van der Waals surface area contributed by atoms with Crippen LogP contribution in [0.5, 0.6) is 5.75 Å². The molecule has 0 saturated heterocycles. The molecule has 0 spiro atoms. The number of hydrogen-bond acceptors (Lipinski definition) is 5. The van der Waals surface area contributed by atoms with Gasteiger partial charge in [-0.25, -0.2) is 4.90 Å². The van der Waals surface area contributed by atoms with Crippen LogP contribution in [0.25, 0.3) is 0 Å². The fourth-order valence-electron chi connectivity index (χ4n) is 3.74. The predicted octanol–water partition coefficient (Wildman–Crippen LogP) is 5.90. The third kappa shape index (κ3) is 5.26. The van der Waals surface area contributed by atoms with E-state index in [2.05, 4.69) is 24.5 Å². The zero-order chi connectivity index (χ0) is 25.8. The Labute approximate surface area is 214 Å². The maximum atomic E-state index is 13.1. The van der Waals surface area contributed by atoms with Crippen LogP contribution in [-0.4, -0.2) is 24.3 Å². The molecule has 184 valence electrons. The fraction of sp³-hybridized carbons (Fsp3) is 0.179. The summed E-state index contributed by atoms with van der Waals surface area (Å²) in [6.07, 6.45) is 0. The molecule has 0 bridgehead atoms. The molecule has 0 aliphatic carbocycles. The quantitative estimate of drug-likeness (QED) is 0.374. The Kier molecular flexibility index (Phi) is 7.41. The van der Waals surface area contributed by atoms with Gasteiger partial charge in [0.25, 0.3) is 17.7 Å². The number of benzene rings is 3. The van der Waals surface area contributed by atoms with Crippen LogP contribution in [-0.2, 0) is 9.59 Å². The van der Waals surface area contributed by atoms with E-state index in [-0.39, 0.29) is 16.6 Å². The van der Waals surface area contributed by atoms with Crippen molar-refractivity contribution in [2.75, 3.05) is 22.1 Å². The van der Waals surface area contributed by atoms with Crippen molar-refractivity contribution in [3.63, 3.8) is 0 Å². The summed E-state index contributed by atoms with van der Waals surface area (Å²) in [5.74, 6) is -0.463. The Bertz CT molecular complexity index is 1330. The van der Waals surface area contributed by atoms with Gasteiger partial charge in [-0.3, -0.25) is 14.4 Å². The number of halogens is 1. The second-order valence-electron chi connectivity index (χ2n) is 8.50. The summed E-state index contributed by atoms with van der Waals surface area (Å²) in [5.41, 5.74) is 2.91. The lowest BCUT2D eigenvalue weighted by molar-refractivity contribution is -0.120. The minimum atomic E-state index is -0.606. The summed E-state index contributed by atoms with van der Waals surface area (Å²) in [6, 6.07) is 20.9. The molecule has 0 radical (unpaired) electrons.